The average molecular weight is 312 g/mol. The summed E-state index contributed by atoms with van der Waals surface area (Å²) >= 11 is 0. The molecule has 0 saturated carbocycles. The topological polar surface area (TPSA) is 87.7 Å². The minimum absolute atomic E-state index is 0.0129. The third-order valence-electron chi connectivity index (χ3n) is 3.55. The Hall–Kier alpha value is -2.75. The van der Waals surface area contributed by atoms with Gasteiger partial charge in [0.15, 0.2) is 0 Å². The van der Waals surface area contributed by atoms with E-state index in [0.717, 1.165) is 5.56 Å². The van der Waals surface area contributed by atoms with Gasteiger partial charge in [0, 0.05) is 19.2 Å². The lowest BCUT2D eigenvalue weighted by Crippen LogP contribution is -2.31. The maximum absolute atomic E-state index is 12.0. The molecule has 1 amide bonds. The maximum atomic E-state index is 12.0. The largest absolute Gasteiger partial charge is 0.343 e. The van der Waals surface area contributed by atoms with Crippen LogP contribution in [0.1, 0.15) is 31.7 Å². The molecule has 0 bridgehead atoms. The van der Waals surface area contributed by atoms with Gasteiger partial charge < -0.3 is 4.90 Å². The second kappa shape index (κ2) is 7.49. The number of nitriles is 1. The normalized spacial score (nSPS) is 10.6. The second-order valence-electron chi connectivity index (χ2n) is 5.64. The van der Waals surface area contributed by atoms with E-state index in [1.807, 2.05) is 30.3 Å². The number of amides is 1. The van der Waals surface area contributed by atoms with Crippen molar-refractivity contribution in [1.82, 2.24) is 25.1 Å². The summed E-state index contributed by atoms with van der Waals surface area (Å²) in [5, 5.41) is 20.7. The molecule has 1 heterocycles. The van der Waals surface area contributed by atoms with Crippen LogP contribution in [-0.2, 0) is 11.3 Å². The van der Waals surface area contributed by atoms with Crippen molar-refractivity contribution in [3.8, 4) is 17.5 Å². The van der Waals surface area contributed by atoms with Crippen molar-refractivity contribution >= 4 is 5.91 Å². The van der Waals surface area contributed by atoms with Crippen LogP contribution in [-0.4, -0.2) is 44.6 Å². The molecule has 1 aromatic heterocycles. The molecule has 7 nitrogen and oxygen atoms in total. The zero-order valence-corrected chi connectivity index (χ0v) is 13.6. The van der Waals surface area contributed by atoms with Crippen LogP contribution in [0.3, 0.4) is 0 Å². The smallest absolute Gasteiger partial charge is 0.246 e. The van der Waals surface area contributed by atoms with Gasteiger partial charge in [0.25, 0.3) is 0 Å². The first-order valence-corrected chi connectivity index (χ1v) is 7.50. The third-order valence-corrected chi connectivity index (χ3v) is 3.55. The molecule has 2 rings (SSSR count). The first-order valence-electron chi connectivity index (χ1n) is 7.50. The monoisotopic (exact) mass is 312 g/mol. The van der Waals surface area contributed by atoms with Gasteiger partial charge in [-0.2, -0.15) is 10.1 Å². The lowest BCUT2D eigenvalue weighted by atomic mass is 10.0. The fraction of sp³-hybridized carbons (Fsp3) is 0.438. The van der Waals surface area contributed by atoms with E-state index < -0.39 is 0 Å². The van der Waals surface area contributed by atoms with Gasteiger partial charge in [-0.3, -0.25) is 4.79 Å². The minimum atomic E-state index is -0.153. The third kappa shape index (κ3) is 4.36. The van der Waals surface area contributed by atoms with E-state index in [1.54, 1.807) is 7.05 Å². The zero-order chi connectivity index (χ0) is 16.8. The van der Waals surface area contributed by atoms with E-state index in [0.29, 0.717) is 24.7 Å². The molecule has 1 aromatic carbocycles. The van der Waals surface area contributed by atoms with Gasteiger partial charge in [-0.25, -0.2) is 0 Å². The summed E-state index contributed by atoms with van der Waals surface area (Å²) in [6.07, 6.45) is 0.306. The van der Waals surface area contributed by atoms with Crippen LogP contribution >= 0.6 is 0 Å². The number of carbonyl (C=O) groups is 1. The van der Waals surface area contributed by atoms with Crippen LogP contribution in [0.5, 0.6) is 0 Å². The molecule has 0 aliphatic carbocycles. The van der Waals surface area contributed by atoms with Crippen molar-refractivity contribution in [2.45, 2.75) is 32.7 Å². The van der Waals surface area contributed by atoms with Crippen molar-refractivity contribution in [2.75, 3.05) is 13.6 Å². The minimum Gasteiger partial charge on any atom is -0.343 e. The highest BCUT2D eigenvalue weighted by molar-refractivity contribution is 5.75. The molecule has 7 heteroatoms. The molecule has 0 N–H and O–H groups in total. The highest BCUT2D eigenvalue weighted by Crippen LogP contribution is 2.19. The van der Waals surface area contributed by atoms with E-state index in [9.17, 15) is 4.79 Å². The fourth-order valence-corrected chi connectivity index (χ4v) is 2.03. The number of benzene rings is 1. The van der Waals surface area contributed by atoms with E-state index in [4.69, 9.17) is 5.26 Å². The molecular formula is C16H20N6O. The molecule has 2 aromatic rings. The molecule has 0 fully saturated rings. The van der Waals surface area contributed by atoms with E-state index in [1.165, 1.54) is 15.3 Å². The zero-order valence-electron chi connectivity index (χ0n) is 13.6. The Labute approximate surface area is 135 Å². The molecule has 0 unspecified atom stereocenters. The lowest BCUT2D eigenvalue weighted by molar-refractivity contribution is -0.130. The molecule has 120 valence electrons. The quantitative estimate of drug-likeness (QED) is 0.812. The summed E-state index contributed by atoms with van der Waals surface area (Å²) in [5.41, 5.74) is 2.11. The molecule has 0 radical (unpaired) electrons. The highest BCUT2D eigenvalue weighted by Gasteiger charge is 2.13. The average Bonchev–Trinajstić information content (AvgIpc) is 3.01. The highest BCUT2D eigenvalue weighted by atomic mass is 16.2. The van der Waals surface area contributed by atoms with Gasteiger partial charge in [-0.1, -0.05) is 38.1 Å². The Morgan fingerprint density at radius 1 is 1.35 bits per heavy atom. The van der Waals surface area contributed by atoms with Crippen LogP contribution < -0.4 is 0 Å². The van der Waals surface area contributed by atoms with Gasteiger partial charge >= 0.3 is 0 Å². The molecular weight excluding hydrogens is 292 g/mol. The van der Waals surface area contributed by atoms with Crippen molar-refractivity contribution in [1.29, 1.82) is 5.26 Å². The van der Waals surface area contributed by atoms with Crippen LogP contribution in [0.15, 0.2) is 24.3 Å². The fourth-order valence-electron chi connectivity index (χ4n) is 2.03. The number of carbonyl (C=O) groups excluding carboxylic acids is 1. The van der Waals surface area contributed by atoms with Crippen molar-refractivity contribution < 1.29 is 4.79 Å². The number of rotatable bonds is 6. The first-order chi connectivity index (χ1) is 11.0. The standard InChI is InChI=1S/C16H20N6O/c1-12(2)13-5-7-14(8-6-13)16-18-20-22(19-16)11-15(23)21(3)10-4-9-17/h5-8,12H,4,10-11H2,1-3H3. The predicted molar refractivity (Wildman–Crippen MR) is 85.2 cm³/mol. The number of aromatic nitrogens is 4. The van der Waals surface area contributed by atoms with Gasteiger partial charge in [0.05, 0.1) is 12.5 Å². The van der Waals surface area contributed by atoms with Crippen LogP contribution in [0.4, 0.5) is 0 Å². The Kier molecular flexibility index (Phi) is 5.41. The van der Waals surface area contributed by atoms with E-state index in [2.05, 4.69) is 29.3 Å². The van der Waals surface area contributed by atoms with E-state index in [-0.39, 0.29) is 12.5 Å². The van der Waals surface area contributed by atoms with Gasteiger partial charge in [-0.05, 0) is 16.7 Å². The Morgan fingerprint density at radius 3 is 2.65 bits per heavy atom. The summed E-state index contributed by atoms with van der Waals surface area (Å²) in [6, 6.07) is 10.0. The summed E-state index contributed by atoms with van der Waals surface area (Å²) in [4.78, 5) is 14.7. The van der Waals surface area contributed by atoms with Crippen molar-refractivity contribution in [3.05, 3.63) is 29.8 Å². The summed E-state index contributed by atoms with van der Waals surface area (Å²) in [6.45, 7) is 4.68. The number of hydrogen-bond donors (Lipinski definition) is 0. The number of likely N-dealkylation sites (N-methyl/N-ethyl adjacent to an activating group) is 1. The van der Waals surface area contributed by atoms with Crippen LogP contribution in [0.25, 0.3) is 11.4 Å². The van der Waals surface area contributed by atoms with Crippen LogP contribution in [0.2, 0.25) is 0 Å². The van der Waals surface area contributed by atoms with E-state index >= 15 is 0 Å². The van der Waals surface area contributed by atoms with Crippen molar-refractivity contribution in [3.63, 3.8) is 0 Å². The lowest BCUT2D eigenvalue weighted by Gasteiger charge is -2.14. The van der Waals surface area contributed by atoms with Crippen LogP contribution in [0, 0.1) is 11.3 Å². The number of tetrazole rings is 1. The summed E-state index contributed by atoms with van der Waals surface area (Å²) < 4.78 is 0. The number of hydrogen-bond acceptors (Lipinski definition) is 5. The van der Waals surface area contributed by atoms with Crippen molar-refractivity contribution in [2.24, 2.45) is 0 Å². The predicted octanol–water partition coefficient (Wildman–Crippen LogP) is 1.84. The van der Waals surface area contributed by atoms with Gasteiger partial charge in [-0.15, -0.1) is 10.2 Å². The Morgan fingerprint density at radius 2 is 2.04 bits per heavy atom. The first kappa shape index (κ1) is 16.6. The Balaban J connectivity index is 2.03. The molecule has 0 saturated heterocycles. The Bertz CT molecular complexity index is 698. The van der Waals surface area contributed by atoms with Gasteiger partial charge in [0.2, 0.25) is 11.7 Å². The van der Waals surface area contributed by atoms with Gasteiger partial charge in [0.1, 0.15) is 6.54 Å². The summed E-state index contributed by atoms with van der Waals surface area (Å²) in [5.74, 6) is 0.807. The summed E-state index contributed by atoms with van der Waals surface area (Å²) in [7, 11) is 1.65. The SMILES string of the molecule is CC(C)c1ccc(-c2nnn(CC(=O)N(C)CCC#N)n2)cc1. The molecule has 0 atom stereocenters. The molecule has 23 heavy (non-hydrogen) atoms. The maximum Gasteiger partial charge on any atom is 0.246 e. The molecule has 0 aliphatic rings. The number of nitrogens with zero attached hydrogens (tertiary/aromatic N) is 6. The second-order valence-corrected chi connectivity index (χ2v) is 5.64. The molecule has 0 aliphatic heterocycles. The molecule has 0 spiro atoms.